The molecule has 5 aromatic rings. The van der Waals surface area contributed by atoms with Crippen molar-refractivity contribution in [2.75, 3.05) is 0 Å². The molecule has 0 unspecified atom stereocenters. The summed E-state index contributed by atoms with van der Waals surface area (Å²) >= 11 is 8.05. The van der Waals surface area contributed by atoms with Crippen molar-refractivity contribution in [2.24, 2.45) is 0 Å². The summed E-state index contributed by atoms with van der Waals surface area (Å²) in [5.74, 6) is 2.11. The van der Waals surface area contributed by atoms with Crippen molar-refractivity contribution >= 4 is 29.1 Å². The lowest BCUT2D eigenvalue weighted by Gasteiger charge is -2.11. The van der Waals surface area contributed by atoms with E-state index in [0.29, 0.717) is 23.1 Å². The van der Waals surface area contributed by atoms with Crippen LogP contribution in [0, 0.1) is 0 Å². The molecule has 0 aliphatic heterocycles. The normalized spacial score (nSPS) is 11.2. The number of thioether (sulfide) groups is 1. The van der Waals surface area contributed by atoms with E-state index >= 15 is 0 Å². The van der Waals surface area contributed by atoms with Gasteiger partial charge >= 0.3 is 0 Å². The quantitative estimate of drug-likeness (QED) is 0.354. The number of halogens is 1. The van der Waals surface area contributed by atoms with Crippen LogP contribution >= 0.6 is 23.4 Å². The highest BCUT2D eigenvalue weighted by Crippen LogP contribution is 2.31. The SMILES string of the molecule is Clc1ccccc1-c1nnc(SCc2cn3cccnc3n2)n1Cc1ccccc1. The third kappa shape index (κ3) is 3.81. The van der Waals surface area contributed by atoms with Gasteiger partial charge in [0.05, 0.1) is 17.3 Å². The number of hydrogen-bond donors (Lipinski definition) is 0. The molecule has 6 nitrogen and oxygen atoms in total. The fraction of sp³-hybridized carbons (Fsp3) is 0.0909. The average Bonchev–Trinajstić information content (AvgIpc) is 3.37. The van der Waals surface area contributed by atoms with Gasteiger partial charge in [0.25, 0.3) is 0 Å². The minimum Gasteiger partial charge on any atom is -0.297 e. The van der Waals surface area contributed by atoms with E-state index in [0.717, 1.165) is 22.2 Å². The number of aromatic nitrogens is 6. The lowest BCUT2D eigenvalue weighted by atomic mass is 10.2. The summed E-state index contributed by atoms with van der Waals surface area (Å²) in [7, 11) is 0. The monoisotopic (exact) mass is 432 g/mol. The molecule has 5 rings (SSSR count). The summed E-state index contributed by atoms with van der Waals surface area (Å²) in [5, 5.41) is 10.4. The summed E-state index contributed by atoms with van der Waals surface area (Å²) in [6.45, 7) is 0.656. The van der Waals surface area contributed by atoms with Crippen LogP contribution in [0.5, 0.6) is 0 Å². The third-order valence-electron chi connectivity index (χ3n) is 4.65. The zero-order valence-electron chi connectivity index (χ0n) is 15.9. The summed E-state index contributed by atoms with van der Waals surface area (Å²) in [6.07, 6.45) is 5.67. The Labute approximate surface area is 182 Å². The smallest absolute Gasteiger partial charge is 0.233 e. The van der Waals surface area contributed by atoms with Crippen LogP contribution in [0.2, 0.25) is 5.02 Å². The highest BCUT2D eigenvalue weighted by molar-refractivity contribution is 7.98. The van der Waals surface area contributed by atoms with Crippen molar-refractivity contribution in [3.05, 3.63) is 95.5 Å². The minimum atomic E-state index is 0.655. The van der Waals surface area contributed by atoms with Gasteiger partial charge in [-0.15, -0.1) is 10.2 Å². The van der Waals surface area contributed by atoms with Crippen LogP contribution in [0.3, 0.4) is 0 Å². The van der Waals surface area contributed by atoms with Gasteiger partial charge in [-0.25, -0.2) is 9.97 Å². The van der Waals surface area contributed by atoms with Crippen LogP contribution in [0.4, 0.5) is 0 Å². The molecular weight excluding hydrogens is 416 g/mol. The lowest BCUT2D eigenvalue weighted by molar-refractivity contribution is 0.714. The van der Waals surface area contributed by atoms with Crippen LogP contribution in [0.25, 0.3) is 17.2 Å². The zero-order valence-corrected chi connectivity index (χ0v) is 17.5. The molecule has 0 aliphatic rings. The molecule has 0 aliphatic carbocycles. The van der Waals surface area contributed by atoms with E-state index in [9.17, 15) is 0 Å². The van der Waals surface area contributed by atoms with Gasteiger partial charge in [-0.05, 0) is 23.8 Å². The fourth-order valence-electron chi connectivity index (χ4n) is 3.23. The summed E-state index contributed by atoms with van der Waals surface area (Å²) in [5.41, 5.74) is 2.98. The first kappa shape index (κ1) is 18.8. The fourth-order valence-corrected chi connectivity index (χ4v) is 4.28. The molecule has 0 amide bonds. The van der Waals surface area contributed by atoms with E-state index in [1.54, 1.807) is 18.0 Å². The minimum absolute atomic E-state index is 0.655. The highest BCUT2D eigenvalue weighted by Gasteiger charge is 2.17. The van der Waals surface area contributed by atoms with Crippen LogP contribution in [-0.2, 0) is 12.3 Å². The molecule has 0 N–H and O–H groups in total. The maximum atomic E-state index is 6.45. The number of imidazole rings is 1. The molecule has 0 saturated carbocycles. The molecule has 148 valence electrons. The average molecular weight is 433 g/mol. The Kier molecular flexibility index (Phi) is 5.21. The molecule has 0 bridgehead atoms. The van der Waals surface area contributed by atoms with Crippen molar-refractivity contribution in [1.82, 2.24) is 29.1 Å². The van der Waals surface area contributed by atoms with E-state index in [2.05, 4.69) is 36.9 Å². The first-order valence-electron chi connectivity index (χ1n) is 9.41. The molecule has 3 aromatic heterocycles. The van der Waals surface area contributed by atoms with Crippen molar-refractivity contribution in [2.45, 2.75) is 17.5 Å². The topological polar surface area (TPSA) is 60.9 Å². The first-order valence-corrected chi connectivity index (χ1v) is 10.8. The van der Waals surface area contributed by atoms with Crippen LogP contribution in [-0.4, -0.2) is 29.1 Å². The van der Waals surface area contributed by atoms with E-state index in [1.165, 1.54) is 5.56 Å². The molecule has 3 heterocycles. The van der Waals surface area contributed by atoms with Crippen molar-refractivity contribution in [3.8, 4) is 11.4 Å². The van der Waals surface area contributed by atoms with Gasteiger partial charge in [0.1, 0.15) is 0 Å². The Bertz CT molecular complexity index is 1260. The predicted molar refractivity (Wildman–Crippen MR) is 119 cm³/mol. The highest BCUT2D eigenvalue weighted by atomic mass is 35.5. The van der Waals surface area contributed by atoms with E-state index in [-0.39, 0.29) is 0 Å². The number of nitrogens with zero attached hydrogens (tertiary/aromatic N) is 6. The van der Waals surface area contributed by atoms with Gasteiger partial charge in [-0.3, -0.25) is 8.97 Å². The molecule has 0 saturated heterocycles. The first-order chi connectivity index (χ1) is 14.8. The summed E-state index contributed by atoms with van der Waals surface area (Å²) in [4.78, 5) is 8.85. The molecule has 0 fully saturated rings. The molecule has 8 heteroatoms. The van der Waals surface area contributed by atoms with Gasteiger partial charge in [-0.1, -0.05) is 65.8 Å². The maximum absolute atomic E-state index is 6.45. The number of hydrogen-bond acceptors (Lipinski definition) is 5. The van der Waals surface area contributed by atoms with E-state index in [1.807, 2.05) is 65.3 Å². The van der Waals surface area contributed by atoms with Gasteiger partial charge < -0.3 is 0 Å². The molecular formula is C22H17ClN6S. The van der Waals surface area contributed by atoms with Crippen molar-refractivity contribution in [3.63, 3.8) is 0 Å². The van der Waals surface area contributed by atoms with E-state index < -0.39 is 0 Å². The number of rotatable bonds is 6. The Morgan fingerprint density at radius 1 is 0.933 bits per heavy atom. The Balaban J connectivity index is 1.48. The third-order valence-corrected chi connectivity index (χ3v) is 5.98. The second kappa shape index (κ2) is 8.30. The van der Waals surface area contributed by atoms with Crippen LogP contribution < -0.4 is 0 Å². The number of fused-ring (bicyclic) bond motifs is 1. The second-order valence-corrected chi connectivity index (χ2v) is 8.06. The molecule has 0 atom stereocenters. The number of benzene rings is 2. The Morgan fingerprint density at radius 2 is 1.77 bits per heavy atom. The van der Waals surface area contributed by atoms with Gasteiger partial charge in [0.2, 0.25) is 5.78 Å². The molecule has 0 spiro atoms. The van der Waals surface area contributed by atoms with Gasteiger partial charge in [0.15, 0.2) is 11.0 Å². The standard InChI is InChI=1S/C22H17ClN6S/c23-19-10-5-4-9-18(19)20-26-27-22(29(20)13-16-7-2-1-3-8-16)30-15-17-14-28-12-6-11-24-21(28)25-17/h1-12,14H,13,15H2. The predicted octanol–water partition coefficient (Wildman–Crippen LogP) is 4.98. The lowest BCUT2D eigenvalue weighted by Crippen LogP contribution is -2.04. The Morgan fingerprint density at radius 3 is 2.60 bits per heavy atom. The summed E-state index contributed by atoms with van der Waals surface area (Å²) < 4.78 is 4.02. The largest absolute Gasteiger partial charge is 0.297 e. The van der Waals surface area contributed by atoms with Crippen molar-refractivity contribution in [1.29, 1.82) is 0 Å². The van der Waals surface area contributed by atoms with Crippen molar-refractivity contribution < 1.29 is 0 Å². The molecule has 30 heavy (non-hydrogen) atoms. The molecule has 0 radical (unpaired) electrons. The second-order valence-electron chi connectivity index (χ2n) is 6.71. The zero-order chi connectivity index (χ0) is 20.3. The summed E-state index contributed by atoms with van der Waals surface area (Å²) in [6, 6.07) is 19.9. The molecule has 2 aromatic carbocycles. The Hall–Kier alpha value is -3.16. The maximum Gasteiger partial charge on any atom is 0.233 e. The van der Waals surface area contributed by atoms with Crippen LogP contribution in [0.15, 0.2) is 84.4 Å². The van der Waals surface area contributed by atoms with Crippen LogP contribution in [0.1, 0.15) is 11.3 Å². The van der Waals surface area contributed by atoms with Gasteiger partial charge in [-0.2, -0.15) is 0 Å². The van der Waals surface area contributed by atoms with E-state index in [4.69, 9.17) is 11.6 Å². The van der Waals surface area contributed by atoms with Gasteiger partial charge in [0, 0.05) is 29.9 Å².